The number of carboxylic acid groups (broad SMARTS) is 1. The summed E-state index contributed by atoms with van der Waals surface area (Å²) >= 11 is 24.6. The Morgan fingerprint density at radius 3 is 2.15 bits per heavy atom. The number of carbonyl (C=O) groups excluding carboxylic acids is 1. The number of hydrogen-bond acceptors (Lipinski definition) is 4. The molecule has 0 aliphatic heterocycles. The molecule has 1 heterocycles. The molecule has 33 heavy (non-hydrogen) atoms. The van der Waals surface area contributed by atoms with Gasteiger partial charge in [0.1, 0.15) is 11.6 Å². The van der Waals surface area contributed by atoms with Crippen LogP contribution in [0.25, 0.3) is 22.6 Å². The average Bonchev–Trinajstić information content (AvgIpc) is 3.15. The summed E-state index contributed by atoms with van der Waals surface area (Å²) in [6, 6.07) is 13.5. The van der Waals surface area contributed by atoms with E-state index in [1.807, 2.05) is 0 Å². The lowest BCUT2D eigenvalue weighted by Crippen LogP contribution is -2.42. The number of aromatic nitrogens is 1. The standard InChI is InChI=1S/C23H14Cl4N2O4/c24-12-3-1-4-13(25)19(12)21(30)28-17(23(31)32)10-11-7-8-18-16(9-11)29-22(33-18)20-14(26)5-2-6-15(20)27/h1-9,17H,10H2,(H,28,30)(H,31,32)/t17-/m0/s1. The Morgan fingerprint density at radius 1 is 0.939 bits per heavy atom. The maximum absolute atomic E-state index is 12.6. The zero-order valence-corrected chi connectivity index (χ0v) is 19.6. The SMILES string of the molecule is O=C(N[C@@H](Cc1ccc2oc(-c3c(Cl)cccc3Cl)nc2c1)C(=O)O)c1c(Cl)cccc1Cl. The molecule has 4 aromatic rings. The van der Waals surface area contributed by atoms with Crippen LogP contribution in [0.4, 0.5) is 0 Å². The molecule has 6 nitrogen and oxygen atoms in total. The van der Waals surface area contributed by atoms with Crippen LogP contribution < -0.4 is 5.32 Å². The molecule has 0 saturated carbocycles. The Labute approximate surface area is 208 Å². The zero-order chi connectivity index (χ0) is 23.7. The van der Waals surface area contributed by atoms with Gasteiger partial charge >= 0.3 is 5.97 Å². The van der Waals surface area contributed by atoms with Crippen LogP contribution in [0.2, 0.25) is 20.1 Å². The van der Waals surface area contributed by atoms with E-state index in [-0.39, 0.29) is 27.9 Å². The third-order valence-electron chi connectivity index (χ3n) is 4.86. The van der Waals surface area contributed by atoms with Gasteiger partial charge in [-0.2, -0.15) is 0 Å². The van der Waals surface area contributed by atoms with Crippen molar-refractivity contribution in [3.63, 3.8) is 0 Å². The zero-order valence-electron chi connectivity index (χ0n) is 16.6. The number of nitrogens with one attached hydrogen (secondary N) is 1. The molecular weight excluding hydrogens is 510 g/mol. The number of carbonyl (C=O) groups is 2. The number of benzene rings is 3. The molecule has 1 amide bonds. The predicted molar refractivity (Wildman–Crippen MR) is 129 cm³/mol. The lowest BCUT2D eigenvalue weighted by molar-refractivity contribution is -0.139. The largest absolute Gasteiger partial charge is 0.480 e. The summed E-state index contributed by atoms with van der Waals surface area (Å²) in [6.45, 7) is 0. The molecule has 0 aliphatic rings. The van der Waals surface area contributed by atoms with E-state index < -0.39 is 17.9 Å². The van der Waals surface area contributed by atoms with Gasteiger partial charge in [-0.05, 0) is 42.0 Å². The fourth-order valence-electron chi connectivity index (χ4n) is 3.29. The van der Waals surface area contributed by atoms with Gasteiger partial charge in [-0.1, -0.05) is 64.6 Å². The number of nitrogens with zero attached hydrogens (tertiary/aromatic N) is 1. The van der Waals surface area contributed by atoms with E-state index in [9.17, 15) is 14.7 Å². The normalized spacial score (nSPS) is 12.0. The molecule has 0 aliphatic carbocycles. The molecule has 0 radical (unpaired) electrons. The topological polar surface area (TPSA) is 92.4 Å². The minimum Gasteiger partial charge on any atom is -0.480 e. The first-order chi connectivity index (χ1) is 15.7. The monoisotopic (exact) mass is 522 g/mol. The molecule has 0 bridgehead atoms. The van der Waals surface area contributed by atoms with E-state index in [4.69, 9.17) is 50.8 Å². The van der Waals surface area contributed by atoms with E-state index in [1.54, 1.807) is 42.5 Å². The van der Waals surface area contributed by atoms with E-state index in [0.717, 1.165) is 0 Å². The molecule has 1 atom stereocenters. The molecule has 4 rings (SSSR count). The van der Waals surface area contributed by atoms with Crippen molar-refractivity contribution < 1.29 is 19.1 Å². The number of fused-ring (bicyclic) bond motifs is 1. The first-order valence-corrected chi connectivity index (χ1v) is 11.1. The molecule has 0 saturated heterocycles. The second-order valence-electron chi connectivity index (χ2n) is 7.08. The van der Waals surface area contributed by atoms with Crippen LogP contribution in [0.5, 0.6) is 0 Å². The van der Waals surface area contributed by atoms with Crippen LogP contribution in [0.3, 0.4) is 0 Å². The van der Waals surface area contributed by atoms with Crippen LogP contribution in [0.1, 0.15) is 15.9 Å². The summed E-state index contributed by atoms with van der Waals surface area (Å²) in [7, 11) is 0. The van der Waals surface area contributed by atoms with E-state index in [1.165, 1.54) is 12.1 Å². The molecular formula is C23H14Cl4N2O4. The number of hydrogen-bond donors (Lipinski definition) is 2. The van der Waals surface area contributed by atoms with E-state index in [0.29, 0.717) is 32.3 Å². The minimum absolute atomic E-state index is 0.00583. The van der Waals surface area contributed by atoms with Gasteiger partial charge in [0.25, 0.3) is 5.91 Å². The smallest absolute Gasteiger partial charge is 0.326 e. The second-order valence-corrected chi connectivity index (χ2v) is 8.71. The predicted octanol–water partition coefficient (Wildman–Crippen LogP) is 6.53. The van der Waals surface area contributed by atoms with Gasteiger partial charge < -0.3 is 14.8 Å². The molecule has 1 aromatic heterocycles. The minimum atomic E-state index is -1.23. The van der Waals surface area contributed by atoms with Crippen LogP contribution in [0, 0.1) is 0 Å². The summed E-state index contributed by atoms with van der Waals surface area (Å²) in [5.74, 6) is -1.65. The third-order valence-corrected chi connectivity index (χ3v) is 6.12. The Morgan fingerprint density at radius 2 is 1.55 bits per heavy atom. The molecule has 3 aromatic carbocycles. The van der Waals surface area contributed by atoms with Gasteiger partial charge in [0.15, 0.2) is 5.58 Å². The van der Waals surface area contributed by atoms with Gasteiger partial charge in [0, 0.05) is 6.42 Å². The van der Waals surface area contributed by atoms with Gasteiger partial charge in [-0.15, -0.1) is 0 Å². The summed E-state index contributed by atoms with van der Waals surface area (Å²) in [5, 5.41) is 13.2. The van der Waals surface area contributed by atoms with Gasteiger partial charge in [-0.3, -0.25) is 4.79 Å². The number of oxazole rings is 1. The van der Waals surface area contributed by atoms with E-state index in [2.05, 4.69) is 10.3 Å². The van der Waals surface area contributed by atoms with Gasteiger partial charge in [0.2, 0.25) is 5.89 Å². The highest BCUT2D eigenvalue weighted by Crippen LogP contribution is 2.35. The maximum atomic E-state index is 12.6. The van der Waals surface area contributed by atoms with Crippen molar-refractivity contribution >= 4 is 69.4 Å². The summed E-state index contributed by atoms with van der Waals surface area (Å²) in [5.41, 5.74) is 2.06. The molecule has 10 heteroatoms. The molecule has 0 unspecified atom stereocenters. The fourth-order valence-corrected chi connectivity index (χ4v) is 4.42. The number of rotatable bonds is 6. The quantitative estimate of drug-likeness (QED) is 0.299. The van der Waals surface area contributed by atoms with Crippen molar-refractivity contribution in [3.8, 4) is 11.5 Å². The highest BCUT2D eigenvalue weighted by atomic mass is 35.5. The molecule has 0 spiro atoms. The second kappa shape index (κ2) is 9.61. The van der Waals surface area contributed by atoms with Crippen LogP contribution in [0.15, 0.2) is 59.0 Å². The maximum Gasteiger partial charge on any atom is 0.326 e. The third kappa shape index (κ3) is 4.94. The Kier molecular flexibility index (Phi) is 6.81. The highest BCUT2D eigenvalue weighted by Gasteiger charge is 2.24. The van der Waals surface area contributed by atoms with Gasteiger partial charge in [0.05, 0.1) is 31.2 Å². The molecule has 168 valence electrons. The first kappa shape index (κ1) is 23.4. The number of carboxylic acids is 1. The first-order valence-electron chi connectivity index (χ1n) is 9.56. The summed E-state index contributed by atoms with van der Waals surface area (Å²) < 4.78 is 5.78. The van der Waals surface area contributed by atoms with Crippen molar-refractivity contribution in [1.29, 1.82) is 0 Å². The lowest BCUT2D eigenvalue weighted by atomic mass is 10.0. The van der Waals surface area contributed by atoms with Crippen LogP contribution in [-0.4, -0.2) is 28.0 Å². The summed E-state index contributed by atoms with van der Waals surface area (Å²) in [4.78, 5) is 28.9. The van der Waals surface area contributed by atoms with Crippen molar-refractivity contribution in [1.82, 2.24) is 10.3 Å². The van der Waals surface area contributed by atoms with Crippen LogP contribution in [-0.2, 0) is 11.2 Å². The number of amides is 1. The van der Waals surface area contributed by atoms with Crippen LogP contribution >= 0.6 is 46.4 Å². The van der Waals surface area contributed by atoms with Crippen molar-refractivity contribution in [2.75, 3.05) is 0 Å². The Bertz CT molecular complexity index is 1350. The molecule has 2 N–H and O–H groups in total. The van der Waals surface area contributed by atoms with Crippen molar-refractivity contribution in [2.45, 2.75) is 12.5 Å². The number of halogens is 4. The van der Waals surface area contributed by atoms with Gasteiger partial charge in [-0.25, -0.2) is 9.78 Å². The van der Waals surface area contributed by atoms with Crippen molar-refractivity contribution in [2.24, 2.45) is 0 Å². The Balaban J connectivity index is 1.60. The lowest BCUT2D eigenvalue weighted by Gasteiger charge is -2.16. The number of aliphatic carboxylic acids is 1. The highest BCUT2D eigenvalue weighted by molar-refractivity contribution is 6.40. The Hall–Kier alpha value is -2.77. The average molecular weight is 524 g/mol. The molecule has 0 fully saturated rings. The van der Waals surface area contributed by atoms with E-state index >= 15 is 0 Å². The van der Waals surface area contributed by atoms with Crippen molar-refractivity contribution in [3.05, 3.63) is 85.8 Å². The summed E-state index contributed by atoms with van der Waals surface area (Å²) in [6.07, 6.45) is -0.00583. The fraction of sp³-hybridized carbons (Fsp3) is 0.0870.